The van der Waals surface area contributed by atoms with Crippen LogP contribution in [0.2, 0.25) is 0 Å². The first-order chi connectivity index (χ1) is 11.4. The van der Waals surface area contributed by atoms with Gasteiger partial charge in [0.05, 0.1) is 6.61 Å². The Morgan fingerprint density at radius 2 is 1.83 bits per heavy atom. The van der Waals surface area contributed by atoms with Gasteiger partial charge in [-0.1, -0.05) is 19.9 Å². The smallest absolute Gasteiger partial charge is 0.224 e. The van der Waals surface area contributed by atoms with Gasteiger partial charge in [-0.15, -0.1) is 0 Å². The van der Waals surface area contributed by atoms with Crippen LogP contribution in [-0.2, 0) is 27.2 Å². The lowest BCUT2D eigenvalue weighted by molar-refractivity contribution is -0.124. The van der Waals surface area contributed by atoms with Crippen LogP contribution in [0.25, 0.3) is 0 Å². The van der Waals surface area contributed by atoms with Gasteiger partial charge in [0, 0.05) is 37.6 Å². The second kappa shape index (κ2) is 8.29. The molecule has 0 aliphatic heterocycles. The predicted octanol–water partition coefficient (Wildman–Crippen LogP) is 2.68. The Morgan fingerprint density at radius 1 is 1.12 bits per heavy atom. The highest BCUT2D eigenvalue weighted by molar-refractivity contribution is 5.93. The normalized spacial score (nSPS) is 13.5. The monoisotopic (exact) mass is 332 g/mol. The van der Waals surface area contributed by atoms with Crippen LogP contribution in [0.15, 0.2) is 18.2 Å². The molecule has 2 rings (SSSR count). The lowest BCUT2D eigenvalue weighted by Crippen LogP contribution is -2.36. The van der Waals surface area contributed by atoms with Crippen LogP contribution >= 0.6 is 0 Å². The molecule has 5 heteroatoms. The number of ether oxygens (including phenoxy) is 1. The maximum atomic E-state index is 12.0. The molecule has 0 atom stereocenters. The minimum absolute atomic E-state index is 0.108. The Morgan fingerprint density at radius 3 is 2.58 bits per heavy atom. The fraction of sp³-hybridized carbons (Fsp3) is 0.579. The summed E-state index contributed by atoms with van der Waals surface area (Å²) in [6.45, 7) is 5.16. The van der Waals surface area contributed by atoms with E-state index in [1.165, 1.54) is 17.5 Å². The van der Waals surface area contributed by atoms with E-state index < -0.39 is 0 Å². The van der Waals surface area contributed by atoms with E-state index in [1.54, 1.807) is 7.11 Å². The molecule has 132 valence electrons. The molecule has 1 aliphatic rings. The Labute approximate surface area is 144 Å². The van der Waals surface area contributed by atoms with Gasteiger partial charge in [-0.25, -0.2) is 0 Å². The molecule has 2 amide bonds. The van der Waals surface area contributed by atoms with Gasteiger partial charge in [-0.3, -0.25) is 9.59 Å². The summed E-state index contributed by atoms with van der Waals surface area (Å²) in [7, 11) is 1.65. The third kappa shape index (κ3) is 5.64. The number of fused-ring (bicyclic) bond motifs is 1. The third-order valence-corrected chi connectivity index (χ3v) is 4.26. The van der Waals surface area contributed by atoms with Crippen molar-refractivity contribution in [3.63, 3.8) is 0 Å². The van der Waals surface area contributed by atoms with Crippen molar-refractivity contribution in [2.45, 2.75) is 46.0 Å². The number of carbonyl (C=O) groups excluding carboxylic acids is 2. The molecule has 1 aliphatic carbocycles. The van der Waals surface area contributed by atoms with E-state index in [2.05, 4.69) is 16.7 Å². The Hall–Kier alpha value is -1.88. The van der Waals surface area contributed by atoms with E-state index in [4.69, 9.17) is 4.74 Å². The molecular formula is C19H28N2O3. The molecule has 5 nitrogen and oxygen atoms in total. The summed E-state index contributed by atoms with van der Waals surface area (Å²) in [4.78, 5) is 23.9. The Bertz CT molecular complexity index is 596. The average Bonchev–Trinajstić information content (AvgIpc) is 2.98. The molecule has 0 saturated heterocycles. The first-order valence-corrected chi connectivity index (χ1v) is 8.57. The number of nitrogens with one attached hydrogen (secondary N) is 2. The third-order valence-electron chi connectivity index (χ3n) is 4.26. The standard InChI is InChI=1S/C19H28N2O3/c1-19(2,13-24-3)12-20-17(22)9-10-18(23)21-16-8-7-14-5-4-6-15(14)11-16/h7-8,11H,4-6,9-10,12-13H2,1-3H3,(H,20,22)(H,21,23). The van der Waals surface area contributed by atoms with Gasteiger partial charge in [0.1, 0.15) is 0 Å². The topological polar surface area (TPSA) is 67.4 Å². The fourth-order valence-corrected chi connectivity index (χ4v) is 2.97. The van der Waals surface area contributed by atoms with Crippen molar-refractivity contribution in [3.8, 4) is 0 Å². The van der Waals surface area contributed by atoms with Crippen LogP contribution < -0.4 is 10.6 Å². The van der Waals surface area contributed by atoms with Gasteiger partial charge in [0.25, 0.3) is 0 Å². The van der Waals surface area contributed by atoms with Crippen molar-refractivity contribution in [1.29, 1.82) is 0 Å². The number of hydrogen-bond donors (Lipinski definition) is 2. The number of hydrogen-bond acceptors (Lipinski definition) is 3. The molecule has 0 fully saturated rings. The summed E-state index contributed by atoms with van der Waals surface area (Å²) in [5.74, 6) is -0.234. The molecule has 24 heavy (non-hydrogen) atoms. The molecule has 0 heterocycles. The number of aryl methyl sites for hydroxylation is 2. The summed E-state index contributed by atoms with van der Waals surface area (Å²) in [6, 6.07) is 6.07. The highest BCUT2D eigenvalue weighted by Crippen LogP contribution is 2.25. The van der Waals surface area contributed by atoms with Crippen molar-refractivity contribution < 1.29 is 14.3 Å². The first kappa shape index (κ1) is 18.5. The van der Waals surface area contributed by atoms with Gasteiger partial charge >= 0.3 is 0 Å². The zero-order chi connectivity index (χ0) is 17.6. The van der Waals surface area contributed by atoms with Crippen LogP contribution in [0.3, 0.4) is 0 Å². The second-order valence-electron chi connectivity index (χ2n) is 7.26. The van der Waals surface area contributed by atoms with Crippen molar-refractivity contribution in [2.24, 2.45) is 5.41 Å². The van der Waals surface area contributed by atoms with Gasteiger partial charge < -0.3 is 15.4 Å². The minimum atomic E-state index is -0.126. The average molecular weight is 332 g/mol. The van der Waals surface area contributed by atoms with Crippen molar-refractivity contribution in [2.75, 3.05) is 25.6 Å². The van der Waals surface area contributed by atoms with Gasteiger partial charge in [-0.2, -0.15) is 0 Å². The molecule has 0 radical (unpaired) electrons. The Kier molecular flexibility index (Phi) is 6.37. The van der Waals surface area contributed by atoms with Gasteiger partial charge in [0.2, 0.25) is 11.8 Å². The SMILES string of the molecule is COCC(C)(C)CNC(=O)CCC(=O)Nc1ccc2c(c1)CCC2. The van der Waals surface area contributed by atoms with Crippen molar-refractivity contribution in [3.05, 3.63) is 29.3 Å². The molecule has 0 spiro atoms. The molecule has 0 saturated carbocycles. The summed E-state index contributed by atoms with van der Waals surface area (Å²) >= 11 is 0. The van der Waals surface area contributed by atoms with Crippen molar-refractivity contribution >= 4 is 17.5 Å². The van der Waals surface area contributed by atoms with E-state index in [0.717, 1.165) is 18.5 Å². The number of benzene rings is 1. The van der Waals surface area contributed by atoms with E-state index in [0.29, 0.717) is 13.2 Å². The van der Waals surface area contributed by atoms with Crippen molar-refractivity contribution in [1.82, 2.24) is 5.32 Å². The minimum Gasteiger partial charge on any atom is -0.384 e. The molecule has 0 unspecified atom stereocenters. The summed E-state index contributed by atoms with van der Waals surface area (Å²) in [6.07, 6.45) is 3.78. The number of methoxy groups -OCH3 is 1. The van der Waals surface area contributed by atoms with Crippen LogP contribution in [0.5, 0.6) is 0 Å². The van der Waals surface area contributed by atoms with Gasteiger partial charge in [0.15, 0.2) is 0 Å². The van der Waals surface area contributed by atoms with Crippen LogP contribution in [0, 0.1) is 5.41 Å². The van der Waals surface area contributed by atoms with E-state index in [1.807, 2.05) is 26.0 Å². The first-order valence-electron chi connectivity index (χ1n) is 8.57. The van der Waals surface area contributed by atoms with E-state index in [9.17, 15) is 9.59 Å². The van der Waals surface area contributed by atoms with Crippen LogP contribution in [-0.4, -0.2) is 32.1 Å². The molecular weight excluding hydrogens is 304 g/mol. The highest BCUT2D eigenvalue weighted by atomic mass is 16.5. The Balaban J connectivity index is 1.72. The zero-order valence-corrected chi connectivity index (χ0v) is 14.9. The molecule has 2 N–H and O–H groups in total. The van der Waals surface area contributed by atoms with Crippen LogP contribution in [0.1, 0.15) is 44.2 Å². The second-order valence-corrected chi connectivity index (χ2v) is 7.26. The number of rotatable bonds is 8. The molecule has 1 aromatic rings. The largest absolute Gasteiger partial charge is 0.384 e. The maximum Gasteiger partial charge on any atom is 0.224 e. The fourth-order valence-electron chi connectivity index (χ4n) is 2.97. The number of anilines is 1. The quantitative estimate of drug-likeness (QED) is 0.769. The van der Waals surface area contributed by atoms with Crippen LogP contribution in [0.4, 0.5) is 5.69 Å². The number of carbonyl (C=O) groups is 2. The maximum absolute atomic E-state index is 12.0. The lowest BCUT2D eigenvalue weighted by atomic mass is 9.95. The molecule has 0 aromatic heterocycles. The summed E-state index contributed by atoms with van der Waals surface area (Å²) in [5.41, 5.74) is 3.41. The van der Waals surface area contributed by atoms with Gasteiger partial charge in [-0.05, 0) is 42.5 Å². The molecule has 1 aromatic carbocycles. The summed E-state index contributed by atoms with van der Waals surface area (Å²) in [5, 5.41) is 5.74. The molecule has 0 bridgehead atoms. The zero-order valence-electron chi connectivity index (χ0n) is 14.9. The number of amides is 2. The summed E-state index contributed by atoms with van der Waals surface area (Å²) < 4.78 is 5.12. The highest BCUT2D eigenvalue weighted by Gasteiger charge is 2.19. The lowest BCUT2D eigenvalue weighted by Gasteiger charge is -2.23. The van der Waals surface area contributed by atoms with E-state index in [-0.39, 0.29) is 30.1 Å². The predicted molar refractivity (Wildman–Crippen MR) is 95.0 cm³/mol. The van der Waals surface area contributed by atoms with E-state index >= 15 is 0 Å².